The molecule has 16 heavy (non-hydrogen) atoms. The third kappa shape index (κ3) is 6.07. The van der Waals surface area contributed by atoms with Crippen molar-refractivity contribution in [2.45, 2.75) is 27.2 Å². The molecule has 0 aromatic carbocycles. The third-order valence-electron chi connectivity index (χ3n) is 2.48. The number of carbonyl (C=O) groups is 1. The number of carbonyl (C=O) groups excluding carboxylic acids is 1. The second-order valence-corrected chi connectivity index (χ2v) is 6.99. The molecule has 0 bridgehead atoms. The van der Waals surface area contributed by atoms with Crippen molar-refractivity contribution in [1.82, 2.24) is 5.32 Å². The van der Waals surface area contributed by atoms with E-state index in [1.54, 1.807) is 20.8 Å². The Morgan fingerprint density at radius 1 is 1.38 bits per heavy atom. The Balaban J connectivity index is 3.74. The van der Waals surface area contributed by atoms with E-state index in [0.29, 0.717) is 19.5 Å². The first-order valence-corrected chi connectivity index (χ1v) is 7.24. The van der Waals surface area contributed by atoms with E-state index in [9.17, 15) is 13.2 Å². The quantitative estimate of drug-likeness (QED) is 0.589. The Labute approximate surface area is 97.7 Å². The number of hydrogen-bond donors (Lipinski definition) is 2. The van der Waals surface area contributed by atoms with E-state index in [-0.39, 0.29) is 17.4 Å². The first-order valence-electron chi connectivity index (χ1n) is 5.42. The van der Waals surface area contributed by atoms with Crippen LogP contribution in [0.5, 0.6) is 0 Å². The number of nitrogens with two attached hydrogens (primary N) is 1. The predicted molar refractivity (Wildman–Crippen MR) is 64.8 cm³/mol. The van der Waals surface area contributed by atoms with Gasteiger partial charge in [-0.25, -0.2) is 8.42 Å². The van der Waals surface area contributed by atoms with Crippen LogP contribution < -0.4 is 11.1 Å². The minimum atomic E-state index is -2.88. The largest absolute Gasteiger partial charge is 0.369 e. The minimum absolute atomic E-state index is 0.180. The SMILES string of the molecule is CCS(=O)(=O)CCCNCC(C)(C)C(N)=O. The van der Waals surface area contributed by atoms with Gasteiger partial charge in [-0.2, -0.15) is 0 Å². The Morgan fingerprint density at radius 3 is 2.38 bits per heavy atom. The summed E-state index contributed by atoms with van der Waals surface area (Å²) in [5.41, 5.74) is 4.61. The molecule has 0 radical (unpaired) electrons. The van der Waals surface area contributed by atoms with Gasteiger partial charge in [0.05, 0.1) is 11.2 Å². The van der Waals surface area contributed by atoms with Gasteiger partial charge in [0.25, 0.3) is 0 Å². The molecule has 96 valence electrons. The maximum Gasteiger partial charge on any atom is 0.224 e. The van der Waals surface area contributed by atoms with Crippen molar-refractivity contribution < 1.29 is 13.2 Å². The molecule has 5 nitrogen and oxygen atoms in total. The standard InChI is InChI=1S/C10H22N2O3S/c1-4-16(14,15)7-5-6-12-8-10(2,3)9(11)13/h12H,4-8H2,1-3H3,(H2,11,13). The van der Waals surface area contributed by atoms with Crippen LogP contribution in [0.3, 0.4) is 0 Å². The molecule has 0 aliphatic carbocycles. The van der Waals surface area contributed by atoms with Gasteiger partial charge >= 0.3 is 0 Å². The van der Waals surface area contributed by atoms with Crippen molar-refractivity contribution in [1.29, 1.82) is 0 Å². The Morgan fingerprint density at radius 2 is 1.94 bits per heavy atom. The van der Waals surface area contributed by atoms with Crippen LogP contribution in [-0.4, -0.2) is 38.9 Å². The first-order chi connectivity index (χ1) is 7.21. The summed E-state index contributed by atoms with van der Waals surface area (Å²) in [5, 5.41) is 3.04. The summed E-state index contributed by atoms with van der Waals surface area (Å²) in [6.45, 7) is 6.19. The van der Waals surface area contributed by atoms with Gasteiger partial charge in [-0.1, -0.05) is 6.92 Å². The normalized spacial score (nSPS) is 12.7. The molecule has 0 saturated carbocycles. The number of nitrogens with one attached hydrogen (secondary N) is 1. The van der Waals surface area contributed by atoms with Gasteiger partial charge in [-0.05, 0) is 26.8 Å². The summed E-state index contributed by atoms with van der Waals surface area (Å²) >= 11 is 0. The van der Waals surface area contributed by atoms with Crippen LogP contribution in [0.4, 0.5) is 0 Å². The van der Waals surface area contributed by atoms with Crippen molar-refractivity contribution in [3.8, 4) is 0 Å². The minimum Gasteiger partial charge on any atom is -0.369 e. The highest BCUT2D eigenvalue weighted by Crippen LogP contribution is 2.11. The van der Waals surface area contributed by atoms with Gasteiger partial charge < -0.3 is 11.1 Å². The highest BCUT2D eigenvalue weighted by atomic mass is 32.2. The number of primary amides is 1. The van der Waals surface area contributed by atoms with Crippen LogP contribution in [0.25, 0.3) is 0 Å². The molecule has 0 aromatic rings. The molecule has 0 spiro atoms. The van der Waals surface area contributed by atoms with Crippen LogP contribution in [0.1, 0.15) is 27.2 Å². The Kier molecular flexibility index (Phi) is 5.96. The van der Waals surface area contributed by atoms with Crippen molar-refractivity contribution in [3.05, 3.63) is 0 Å². The van der Waals surface area contributed by atoms with E-state index in [0.717, 1.165) is 0 Å². The average Bonchev–Trinajstić information content (AvgIpc) is 2.16. The molecule has 0 saturated heterocycles. The molecule has 0 fully saturated rings. The highest BCUT2D eigenvalue weighted by molar-refractivity contribution is 7.91. The fraction of sp³-hybridized carbons (Fsp3) is 0.900. The number of hydrogen-bond acceptors (Lipinski definition) is 4. The van der Waals surface area contributed by atoms with Crippen molar-refractivity contribution >= 4 is 15.7 Å². The van der Waals surface area contributed by atoms with Gasteiger partial charge in [-0.15, -0.1) is 0 Å². The van der Waals surface area contributed by atoms with Crippen LogP contribution in [-0.2, 0) is 14.6 Å². The highest BCUT2D eigenvalue weighted by Gasteiger charge is 2.23. The number of rotatable bonds is 8. The van der Waals surface area contributed by atoms with Crippen molar-refractivity contribution in [3.63, 3.8) is 0 Å². The molecule has 0 unspecified atom stereocenters. The van der Waals surface area contributed by atoms with E-state index in [4.69, 9.17) is 5.73 Å². The number of amides is 1. The summed E-state index contributed by atoms with van der Waals surface area (Å²) < 4.78 is 22.3. The fourth-order valence-electron chi connectivity index (χ4n) is 1.05. The molecule has 0 aromatic heterocycles. The zero-order valence-electron chi connectivity index (χ0n) is 10.2. The monoisotopic (exact) mass is 250 g/mol. The second-order valence-electron chi connectivity index (χ2n) is 4.51. The van der Waals surface area contributed by atoms with Gasteiger partial charge in [0.1, 0.15) is 9.84 Å². The van der Waals surface area contributed by atoms with E-state index in [1.165, 1.54) is 0 Å². The maximum atomic E-state index is 11.2. The zero-order chi connectivity index (χ0) is 12.8. The van der Waals surface area contributed by atoms with E-state index in [2.05, 4.69) is 5.32 Å². The van der Waals surface area contributed by atoms with E-state index >= 15 is 0 Å². The van der Waals surface area contributed by atoms with Crippen LogP contribution >= 0.6 is 0 Å². The topological polar surface area (TPSA) is 89.3 Å². The summed E-state index contributed by atoms with van der Waals surface area (Å²) in [7, 11) is -2.88. The summed E-state index contributed by atoms with van der Waals surface area (Å²) in [5.74, 6) is 0.00831. The fourth-order valence-corrected chi connectivity index (χ4v) is 1.92. The lowest BCUT2D eigenvalue weighted by molar-refractivity contribution is -0.125. The van der Waals surface area contributed by atoms with E-state index < -0.39 is 15.3 Å². The lowest BCUT2D eigenvalue weighted by atomic mass is 9.93. The summed E-state index contributed by atoms with van der Waals surface area (Å²) in [4.78, 5) is 11.0. The van der Waals surface area contributed by atoms with Crippen molar-refractivity contribution in [2.24, 2.45) is 11.1 Å². The smallest absolute Gasteiger partial charge is 0.224 e. The predicted octanol–water partition coefficient (Wildman–Crippen LogP) is -0.0877. The summed E-state index contributed by atoms with van der Waals surface area (Å²) in [6, 6.07) is 0. The lowest BCUT2D eigenvalue weighted by Crippen LogP contribution is -2.40. The van der Waals surface area contributed by atoms with E-state index in [1.807, 2.05) is 0 Å². The second kappa shape index (κ2) is 6.20. The Bertz CT molecular complexity index is 323. The van der Waals surface area contributed by atoms with Crippen LogP contribution in [0, 0.1) is 5.41 Å². The molecule has 0 atom stereocenters. The summed E-state index contributed by atoms with van der Waals surface area (Å²) in [6.07, 6.45) is 0.561. The van der Waals surface area contributed by atoms with Crippen LogP contribution in [0.2, 0.25) is 0 Å². The molecule has 0 aliphatic rings. The van der Waals surface area contributed by atoms with Gasteiger partial charge in [0, 0.05) is 12.3 Å². The lowest BCUT2D eigenvalue weighted by Gasteiger charge is -2.20. The molecule has 0 heterocycles. The van der Waals surface area contributed by atoms with Gasteiger partial charge in [0.15, 0.2) is 0 Å². The number of sulfone groups is 1. The molecule has 1 amide bonds. The van der Waals surface area contributed by atoms with Crippen molar-refractivity contribution in [2.75, 3.05) is 24.6 Å². The molecule has 6 heteroatoms. The van der Waals surface area contributed by atoms with Gasteiger partial charge in [0.2, 0.25) is 5.91 Å². The molecular weight excluding hydrogens is 228 g/mol. The van der Waals surface area contributed by atoms with Crippen LogP contribution in [0.15, 0.2) is 0 Å². The zero-order valence-corrected chi connectivity index (χ0v) is 11.1. The van der Waals surface area contributed by atoms with Gasteiger partial charge in [-0.3, -0.25) is 4.79 Å². The molecular formula is C10H22N2O3S. The average molecular weight is 250 g/mol. The molecule has 0 aliphatic heterocycles. The maximum absolute atomic E-state index is 11.2. The third-order valence-corrected chi connectivity index (χ3v) is 4.27. The molecule has 3 N–H and O–H groups in total. The Hall–Kier alpha value is -0.620. The first kappa shape index (κ1) is 15.4. The molecule has 0 rings (SSSR count).